The van der Waals surface area contributed by atoms with Crippen LogP contribution in [0.2, 0.25) is 0 Å². The first-order valence-corrected chi connectivity index (χ1v) is 8.00. The number of aromatic nitrogens is 2. The second-order valence-corrected chi connectivity index (χ2v) is 5.75. The monoisotopic (exact) mass is 358 g/mol. The van der Waals surface area contributed by atoms with Gasteiger partial charge >= 0.3 is 0 Å². The molecule has 0 aromatic carbocycles. The Morgan fingerprint density at radius 1 is 1.43 bits per heavy atom. The van der Waals surface area contributed by atoms with Crippen molar-refractivity contribution in [2.24, 2.45) is 0 Å². The Morgan fingerprint density at radius 3 is 2.57 bits per heavy atom. The zero-order valence-electron chi connectivity index (χ0n) is 13.0. The van der Waals surface area contributed by atoms with E-state index in [0.717, 1.165) is 0 Å². The lowest BCUT2D eigenvalue weighted by Crippen LogP contribution is -2.32. The van der Waals surface area contributed by atoms with Crippen LogP contribution in [0, 0.1) is 0 Å². The normalized spacial score (nSPS) is 10.8. The maximum Gasteiger partial charge on any atom is 0.283 e. The Morgan fingerprint density at radius 2 is 2.05 bits per heavy atom. The lowest BCUT2D eigenvalue weighted by Gasteiger charge is -2.19. The van der Waals surface area contributed by atoms with Crippen molar-refractivity contribution in [1.29, 1.82) is 0 Å². The van der Waals surface area contributed by atoms with Crippen LogP contribution in [0.4, 0.5) is 5.69 Å². The van der Waals surface area contributed by atoms with Crippen LogP contribution in [0.5, 0.6) is 0 Å². The summed E-state index contributed by atoms with van der Waals surface area (Å²) in [4.78, 5) is 25.7. The molecule has 7 heteroatoms. The van der Waals surface area contributed by atoms with Crippen LogP contribution < -0.4 is 10.9 Å². The van der Waals surface area contributed by atoms with Crippen LogP contribution in [0.1, 0.15) is 40.2 Å². The number of amides is 1. The van der Waals surface area contributed by atoms with Gasteiger partial charge in [-0.15, -0.1) is 0 Å². The molecule has 1 amide bonds. The number of carbonyl (C=O) groups excluding carboxylic acids is 1. The van der Waals surface area contributed by atoms with Crippen molar-refractivity contribution in [1.82, 2.24) is 14.7 Å². The number of halogens is 1. The summed E-state index contributed by atoms with van der Waals surface area (Å²) in [6.07, 6.45) is 1.99. The molecule has 1 aromatic heterocycles. The van der Waals surface area contributed by atoms with E-state index in [2.05, 4.69) is 26.3 Å². The molecular weight excluding hydrogens is 336 g/mol. The topological polar surface area (TPSA) is 67.2 Å². The van der Waals surface area contributed by atoms with Gasteiger partial charge in [-0.3, -0.25) is 9.59 Å². The molecule has 0 spiro atoms. The first-order valence-electron chi connectivity index (χ1n) is 7.21. The third kappa shape index (κ3) is 4.56. The van der Waals surface area contributed by atoms with Gasteiger partial charge in [-0.25, -0.2) is 4.68 Å². The van der Waals surface area contributed by atoms with E-state index in [1.54, 1.807) is 11.1 Å². The number of anilines is 1. The zero-order chi connectivity index (χ0) is 16.0. The SMILES string of the molecule is CCN(CC)C(=O)CCNc1cnn(C(C)C)c(=O)c1Br. The van der Waals surface area contributed by atoms with Crippen LogP contribution >= 0.6 is 15.9 Å². The highest BCUT2D eigenvalue weighted by Gasteiger charge is 2.12. The van der Waals surface area contributed by atoms with Crippen LogP contribution in [0.25, 0.3) is 0 Å². The van der Waals surface area contributed by atoms with Gasteiger partial charge < -0.3 is 10.2 Å². The Balaban J connectivity index is 2.67. The van der Waals surface area contributed by atoms with Crippen LogP contribution in [0.3, 0.4) is 0 Å². The molecule has 0 unspecified atom stereocenters. The van der Waals surface area contributed by atoms with Crippen LogP contribution in [-0.2, 0) is 4.79 Å². The van der Waals surface area contributed by atoms with Crippen molar-refractivity contribution in [2.45, 2.75) is 40.2 Å². The van der Waals surface area contributed by atoms with Gasteiger partial charge in [0.2, 0.25) is 5.91 Å². The fraction of sp³-hybridized carbons (Fsp3) is 0.643. The summed E-state index contributed by atoms with van der Waals surface area (Å²) in [7, 11) is 0. The van der Waals surface area contributed by atoms with Gasteiger partial charge in [-0.1, -0.05) is 0 Å². The molecule has 1 aromatic rings. The van der Waals surface area contributed by atoms with Crippen molar-refractivity contribution < 1.29 is 4.79 Å². The minimum absolute atomic E-state index is 0.00657. The average molecular weight is 359 g/mol. The van der Waals surface area contributed by atoms with Crippen LogP contribution in [-0.4, -0.2) is 40.2 Å². The molecule has 0 saturated heterocycles. The van der Waals surface area contributed by atoms with Crippen molar-refractivity contribution in [3.05, 3.63) is 21.0 Å². The van der Waals surface area contributed by atoms with Gasteiger partial charge in [-0.2, -0.15) is 5.10 Å². The van der Waals surface area contributed by atoms with Gasteiger partial charge in [-0.05, 0) is 43.6 Å². The maximum atomic E-state index is 12.1. The van der Waals surface area contributed by atoms with Gasteiger partial charge in [0.05, 0.1) is 17.9 Å². The quantitative estimate of drug-likeness (QED) is 0.811. The molecule has 0 saturated carbocycles. The summed E-state index contributed by atoms with van der Waals surface area (Å²) in [6.45, 7) is 9.62. The molecule has 0 radical (unpaired) electrons. The second-order valence-electron chi connectivity index (χ2n) is 4.96. The lowest BCUT2D eigenvalue weighted by molar-refractivity contribution is -0.130. The summed E-state index contributed by atoms with van der Waals surface area (Å²) in [5.74, 6) is 0.104. The Kier molecular flexibility index (Phi) is 6.87. The third-order valence-corrected chi connectivity index (χ3v) is 3.97. The highest BCUT2D eigenvalue weighted by Crippen LogP contribution is 2.17. The molecule has 21 heavy (non-hydrogen) atoms. The van der Waals surface area contributed by atoms with E-state index in [4.69, 9.17) is 0 Å². The molecule has 1 N–H and O–H groups in total. The van der Waals surface area contributed by atoms with E-state index < -0.39 is 0 Å². The Labute approximate surface area is 133 Å². The number of hydrogen-bond acceptors (Lipinski definition) is 4. The van der Waals surface area contributed by atoms with Crippen molar-refractivity contribution >= 4 is 27.5 Å². The minimum atomic E-state index is -0.176. The number of hydrogen-bond donors (Lipinski definition) is 1. The fourth-order valence-electron chi connectivity index (χ4n) is 1.97. The summed E-state index contributed by atoms with van der Waals surface area (Å²) in [5.41, 5.74) is 0.439. The average Bonchev–Trinajstić information content (AvgIpc) is 2.44. The molecule has 1 heterocycles. The van der Waals surface area contributed by atoms with Crippen LogP contribution in [0.15, 0.2) is 15.5 Å². The first kappa shape index (κ1) is 17.7. The van der Waals surface area contributed by atoms with Gasteiger partial charge in [0.1, 0.15) is 4.47 Å². The van der Waals surface area contributed by atoms with E-state index in [-0.39, 0.29) is 17.5 Å². The highest BCUT2D eigenvalue weighted by molar-refractivity contribution is 9.10. The maximum absolute atomic E-state index is 12.1. The number of rotatable bonds is 7. The molecule has 0 aliphatic carbocycles. The summed E-state index contributed by atoms with van der Waals surface area (Å²) in [6, 6.07) is 0.00657. The van der Waals surface area contributed by atoms with Gasteiger partial charge in [0, 0.05) is 26.1 Å². The summed E-state index contributed by atoms with van der Waals surface area (Å²) in [5, 5.41) is 7.20. The first-order chi connectivity index (χ1) is 9.92. The molecule has 0 bridgehead atoms. The Bertz CT molecular complexity index is 538. The molecule has 118 valence electrons. The molecule has 1 rings (SSSR count). The molecule has 0 aliphatic rings. The lowest BCUT2D eigenvalue weighted by atomic mass is 10.3. The van der Waals surface area contributed by atoms with Gasteiger partial charge in [0.15, 0.2) is 0 Å². The summed E-state index contributed by atoms with van der Waals surface area (Å²) >= 11 is 3.29. The number of nitrogens with one attached hydrogen (secondary N) is 1. The minimum Gasteiger partial charge on any atom is -0.382 e. The predicted octanol–water partition coefficient (Wildman–Crippen LogP) is 2.26. The molecular formula is C14H23BrN4O2. The fourth-order valence-corrected chi connectivity index (χ4v) is 2.40. The summed E-state index contributed by atoms with van der Waals surface area (Å²) < 4.78 is 1.86. The van der Waals surface area contributed by atoms with E-state index in [9.17, 15) is 9.59 Å². The smallest absolute Gasteiger partial charge is 0.283 e. The molecule has 0 aliphatic heterocycles. The van der Waals surface area contributed by atoms with Crippen molar-refractivity contribution in [3.8, 4) is 0 Å². The van der Waals surface area contributed by atoms with E-state index in [1.807, 2.05) is 27.7 Å². The zero-order valence-corrected chi connectivity index (χ0v) is 14.6. The van der Waals surface area contributed by atoms with Crippen molar-refractivity contribution in [3.63, 3.8) is 0 Å². The van der Waals surface area contributed by atoms with Crippen molar-refractivity contribution in [2.75, 3.05) is 25.0 Å². The standard InChI is InChI=1S/C14H23BrN4O2/c1-5-18(6-2)12(20)7-8-16-11-9-17-19(10(3)4)14(21)13(11)15/h9-10,16H,5-8H2,1-4H3. The number of carbonyl (C=O) groups is 1. The predicted molar refractivity (Wildman–Crippen MR) is 87.6 cm³/mol. The van der Waals surface area contributed by atoms with E-state index >= 15 is 0 Å². The van der Waals surface area contributed by atoms with E-state index in [1.165, 1.54) is 4.68 Å². The molecule has 0 atom stereocenters. The largest absolute Gasteiger partial charge is 0.382 e. The molecule has 6 nitrogen and oxygen atoms in total. The second kappa shape index (κ2) is 8.17. The van der Waals surface area contributed by atoms with Gasteiger partial charge in [0.25, 0.3) is 5.56 Å². The Hall–Kier alpha value is -1.37. The van der Waals surface area contributed by atoms with E-state index in [0.29, 0.717) is 36.2 Å². The molecule has 0 fully saturated rings. The third-order valence-electron chi connectivity index (χ3n) is 3.20. The number of nitrogens with zero attached hydrogens (tertiary/aromatic N) is 3. The highest BCUT2D eigenvalue weighted by atomic mass is 79.9.